The number of nitro groups is 1. The van der Waals surface area contributed by atoms with Gasteiger partial charge < -0.3 is 14.8 Å². The van der Waals surface area contributed by atoms with Gasteiger partial charge in [-0.1, -0.05) is 36.4 Å². The smallest absolute Gasteiger partial charge is 0.310 e. The van der Waals surface area contributed by atoms with Crippen LogP contribution in [0.3, 0.4) is 0 Å². The van der Waals surface area contributed by atoms with Crippen LogP contribution in [-0.2, 0) is 11.4 Å². The van der Waals surface area contributed by atoms with Crippen LogP contribution in [0.2, 0.25) is 0 Å². The molecule has 8 nitrogen and oxygen atoms in total. The van der Waals surface area contributed by atoms with E-state index in [2.05, 4.69) is 5.32 Å². The minimum atomic E-state index is -0.492. The minimum Gasteiger partial charge on any atom is -0.496 e. The molecule has 0 aromatic heterocycles. The Morgan fingerprint density at radius 3 is 2.56 bits per heavy atom. The molecular weight excluding hydrogens is 454 g/mol. The molecule has 0 radical (unpaired) electrons. The number of hydrogen-bond donors (Lipinski definition) is 1. The van der Waals surface area contributed by atoms with Gasteiger partial charge in [-0.3, -0.25) is 19.8 Å². The van der Waals surface area contributed by atoms with Crippen LogP contribution in [0.5, 0.6) is 11.5 Å². The average Bonchev–Trinajstić information content (AvgIpc) is 3.10. The summed E-state index contributed by atoms with van der Waals surface area (Å²) >= 11 is 5.40. The van der Waals surface area contributed by atoms with E-state index in [1.165, 1.54) is 18.1 Å². The van der Waals surface area contributed by atoms with E-state index in [-0.39, 0.29) is 24.0 Å². The number of nitrogens with one attached hydrogen (secondary N) is 1. The van der Waals surface area contributed by atoms with Gasteiger partial charge in [0.2, 0.25) is 0 Å². The van der Waals surface area contributed by atoms with Gasteiger partial charge in [-0.15, -0.1) is 0 Å². The molecule has 3 aromatic rings. The summed E-state index contributed by atoms with van der Waals surface area (Å²) in [5.41, 5.74) is 3.25. The highest BCUT2D eigenvalue weighted by molar-refractivity contribution is 7.80. The Bertz CT molecular complexity index is 1320. The molecule has 172 valence electrons. The molecule has 0 bridgehead atoms. The van der Waals surface area contributed by atoms with Crippen LogP contribution >= 0.6 is 12.2 Å². The first-order chi connectivity index (χ1) is 16.4. The summed E-state index contributed by atoms with van der Waals surface area (Å²) in [7, 11) is 1.53. The predicted octanol–water partition coefficient (Wildman–Crippen LogP) is 4.75. The van der Waals surface area contributed by atoms with Crippen molar-refractivity contribution < 1.29 is 19.2 Å². The summed E-state index contributed by atoms with van der Waals surface area (Å²) < 4.78 is 11.1. The summed E-state index contributed by atoms with van der Waals surface area (Å²) in [6.45, 7) is 1.96. The molecule has 0 unspecified atom stereocenters. The zero-order valence-corrected chi connectivity index (χ0v) is 19.3. The minimum absolute atomic E-state index is 0.0418. The van der Waals surface area contributed by atoms with Gasteiger partial charge in [0.1, 0.15) is 18.1 Å². The number of anilines is 1. The summed E-state index contributed by atoms with van der Waals surface area (Å²) in [6, 6.07) is 19.0. The molecule has 1 aliphatic heterocycles. The number of nitro benzene ring substituents is 1. The Kier molecular flexibility index (Phi) is 6.55. The number of thiocarbonyl (C=S) groups is 1. The number of ether oxygens (including phenoxy) is 2. The number of methoxy groups -OCH3 is 1. The lowest BCUT2D eigenvalue weighted by molar-refractivity contribution is -0.385. The maximum Gasteiger partial charge on any atom is 0.310 e. The molecule has 1 heterocycles. The lowest BCUT2D eigenvalue weighted by Crippen LogP contribution is -2.30. The quantitative estimate of drug-likeness (QED) is 0.228. The third-order valence-corrected chi connectivity index (χ3v) is 5.58. The van der Waals surface area contributed by atoms with Gasteiger partial charge in [0.25, 0.3) is 5.91 Å². The van der Waals surface area contributed by atoms with Crippen molar-refractivity contribution in [3.8, 4) is 11.5 Å². The first kappa shape index (κ1) is 22.9. The number of aryl methyl sites for hydroxylation is 1. The number of para-hydroxylation sites is 3. The average molecular weight is 476 g/mol. The number of amides is 1. The molecule has 4 rings (SSSR count). The molecule has 9 heteroatoms. The predicted molar refractivity (Wildman–Crippen MR) is 133 cm³/mol. The maximum atomic E-state index is 13.1. The topological polar surface area (TPSA) is 93.9 Å². The molecule has 0 spiro atoms. The second kappa shape index (κ2) is 9.72. The van der Waals surface area contributed by atoms with Crippen molar-refractivity contribution in [3.63, 3.8) is 0 Å². The van der Waals surface area contributed by atoms with E-state index in [4.69, 9.17) is 21.7 Å². The van der Waals surface area contributed by atoms with Crippen LogP contribution in [0.15, 0.2) is 72.4 Å². The van der Waals surface area contributed by atoms with E-state index in [0.29, 0.717) is 27.7 Å². The van der Waals surface area contributed by atoms with Crippen molar-refractivity contribution in [2.45, 2.75) is 13.5 Å². The van der Waals surface area contributed by atoms with E-state index >= 15 is 0 Å². The van der Waals surface area contributed by atoms with Crippen molar-refractivity contribution in [3.05, 3.63) is 99.2 Å². The Labute approximate surface area is 201 Å². The molecular formula is C25H21N3O5S. The van der Waals surface area contributed by atoms with Crippen molar-refractivity contribution in [2.75, 3.05) is 12.0 Å². The molecule has 1 aliphatic rings. The van der Waals surface area contributed by atoms with Gasteiger partial charge in [0, 0.05) is 11.6 Å². The first-order valence-electron chi connectivity index (χ1n) is 10.3. The molecule has 34 heavy (non-hydrogen) atoms. The van der Waals surface area contributed by atoms with Crippen LogP contribution in [0.4, 0.5) is 11.4 Å². The molecule has 0 aliphatic carbocycles. The number of carbonyl (C=O) groups is 1. The summed E-state index contributed by atoms with van der Waals surface area (Å²) in [5, 5.41) is 14.5. The standard InChI is InChI=1S/C25H21N3O5S/c1-16-7-3-4-8-20(16)27-24(29)19(26-25(27)34)14-17-11-12-22(32-2)18(13-17)15-33-23-10-6-5-9-21(23)28(30)31/h3-14H,15H2,1-2H3,(H,26,34)/b19-14+. The van der Waals surface area contributed by atoms with Crippen LogP contribution in [0.1, 0.15) is 16.7 Å². The highest BCUT2D eigenvalue weighted by Crippen LogP contribution is 2.30. The van der Waals surface area contributed by atoms with Crippen molar-refractivity contribution in [2.24, 2.45) is 0 Å². The van der Waals surface area contributed by atoms with Gasteiger partial charge in [-0.05, 0) is 60.6 Å². The van der Waals surface area contributed by atoms with Gasteiger partial charge in [-0.2, -0.15) is 0 Å². The fourth-order valence-electron chi connectivity index (χ4n) is 3.62. The molecule has 1 amide bonds. The largest absolute Gasteiger partial charge is 0.496 e. The van der Waals surface area contributed by atoms with E-state index < -0.39 is 4.92 Å². The van der Waals surface area contributed by atoms with Crippen LogP contribution < -0.4 is 19.7 Å². The van der Waals surface area contributed by atoms with Gasteiger partial charge in [-0.25, -0.2) is 0 Å². The molecule has 3 aromatic carbocycles. The first-order valence-corrected chi connectivity index (χ1v) is 10.8. The molecule has 1 N–H and O–H groups in total. The Morgan fingerprint density at radius 2 is 1.82 bits per heavy atom. The zero-order chi connectivity index (χ0) is 24.2. The van der Waals surface area contributed by atoms with E-state index in [0.717, 1.165) is 11.3 Å². The van der Waals surface area contributed by atoms with Crippen LogP contribution in [-0.4, -0.2) is 23.1 Å². The third kappa shape index (κ3) is 4.60. The van der Waals surface area contributed by atoms with Gasteiger partial charge in [0.05, 0.1) is 17.7 Å². The van der Waals surface area contributed by atoms with E-state index in [1.54, 1.807) is 42.5 Å². The van der Waals surface area contributed by atoms with Crippen molar-refractivity contribution in [1.29, 1.82) is 0 Å². The second-order valence-corrected chi connectivity index (χ2v) is 7.89. The number of benzene rings is 3. The monoisotopic (exact) mass is 475 g/mol. The summed E-state index contributed by atoms with van der Waals surface area (Å²) in [5.74, 6) is 0.460. The molecule has 0 saturated carbocycles. The van der Waals surface area contributed by atoms with Gasteiger partial charge in [0.15, 0.2) is 10.9 Å². The van der Waals surface area contributed by atoms with Crippen LogP contribution in [0, 0.1) is 17.0 Å². The third-order valence-electron chi connectivity index (χ3n) is 5.30. The lowest BCUT2D eigenvalue weighted by Gasteiger charge is -2.16. The fraction of sp³-hybridized carbons (Fsp3) is 0.120. The van der Waals surface area contributed by atoms with E-state index in [9.17, 15) is 14.9 Å². The molecule has 1 saturated heterocycles. The number of carbonyl (C=O) groups excluding carboxylic acids is 1. The molecule has 1 fully saturated rings. The normalized spacial score (nSPS) is 14.3. The Balaban J connectivity index is 1.60. The highest BCUT2D eigenvalue weighted by atomic mass is 32.1. The number of rotatable bonds is 7. The number of hydrogen-bond acceptors (Lipinski definition) is 6. The molecule has 0 atom stereocenters. The summed E-state index contributed by atoms with van der Waals surface area (Å²) in [4.78, 5) is 25.3. The zero-order valence-electron chi connectivity index (χ0n) is 18.5. The maximum absolute atomic E-state index is 13.1. The summed E-state index contributed by atoms with van der Waals surface area (Å²) in [6.07, 6.45) is 1.70. The van der Waals surface area contributed by atoms with E-state index in [1.807, 2.05) is 31.2 Å². The number of nitrogens with zero attached hydrogens (tertiary/aromatic N) is 2. The van der Waals surface area contributed by atoms with Crippen LogP contribution in [0.25, 0.3) is 6.08 Å². The Morgan fingerprint density at radius 1 is 1.09 bits per heavy atom. The SMILES string of the molecule is COc1ccc(/C=C2/NC(=S)N(c3ccccc3C)C2=O)cc1COc1ccccc1[N+](=O)[O-]. The van der Waals surface area contributed by atoms with Crippen molar-refractivity contribution in [1.82, 2.24) is 5.32 Å². The van der Waals surface area contributed by atoms with Gasteiger partial charge >= 0.3 is 5.69 Å². The lowest BCUT2D eigenvalue weighted by atomic mass is 10.1. The fourth-order valence-corrected chi connectivity index (χ4v) is 3.91. The highest BCUT2D eigenvalue weighted by Gasteiger charge is 2.32. The second-order valence-electron chi connectivity index (χ2n) is 7.50. The Hall–Kier alpha value is -4.24. The van der Waals surface area contributed by atoms with Crippen molar-refractivity contribution >= 4 is 40.7 Å².